The smallest absolute Gasteiger partial charge is 0.125 e. The number of aliphatic hydroxyl groups excluding tert-OH is 1. The van der Waals surface area contributed by atoms with Gasteiger partial charge in [0.15, 0.2) is 0 Å². The summed E-state index contributed by atoms with van der Waals surface area (Å²) in [5.41, 5.74) is 4.18. The topological polar surface area (TPSA) is 76.1 Å². The van der Waals surface area contributed by atoms with Gasteiger partial charge < -0.3 is 29.5 Å². The molecule has 2 atom stereocenters. The van der Waals surface area contributed by atoms with Gasteiger partial charge in [-0.3, -0.25) is 4.98 Å². The van der Waals surface area contributed by atoms with Gasteiger partial charge in [-0.2, -0.15) is 0 Å². The number of hydrogen-bond donors (Lipinski definition) is 2. The lowest BCUT2D eigenvalue weighted by Gasteiger charge is -2.34. The average molecular weight is 478 g/mol. The summed E-state index contributed by atoms with van der Waals surface area (Å²) in [6, 6.07) is 14.0. The summed E-state index contributed by atoms with van der Waals surface area (Å²) in [7, 11) is 1.66. The van der Waals surface area contributed by atoms with Crippen LogP contribution in [0.25, 0.3) is 10.9 Å². The third-order valence-corrected chi connectivity index (χ3v) is 7.09. The van der Waals surface area contributed by atoms with Crippen molar-refractivity contribution >= 4 is 10.9 Å². The number of methoxy groups -OCH3 is 1. The van der Waals surface area contributed by atoms with Crippen molar-refractivity contribution in [2.75, 3.05) is 46.5 Å². The Morgan fingerprint density at radius 2 is 2.17 bits per heavy atom. The molecule has 2 aliphatic rings. The van der Waals surface area contributed by atoms with Crippen molar-refractivity contribution in [2.45, 2.75) is 32.1 Å². The summed E-state index contributed by atoms with van der Waals surface area (Å²) >= 11 is 0. The number of aliphatic hydroxyl groups is 1. The molecule has 2 N–H and O–H groups in total. The van der Waals surface area contributed by atoms with Crippen LogP contribution in [-0.4, -0.2) is 61.5 Å². The van der Waals surface area contributed by atoms with Crippen molar-refractivity contribution < 1.29 is 19.3 Å². The van der Waals surface area contributed by atoms with Gasteiger partial charge >= 0.3 is 0 Å². The largest absolute Gasteiger partial charge is 0.497 e. The van der Waals surface area contributed by atoms with Gasteiger partial charge in [0.1, 0.15) is 18.1 Å². The van der Waals surface area contributed by atoms with Crippen LogP contribution < -0.4 is 14.8 Å². The number of rotatable bonds is 8. The molecular weight excluding hydrogens is 442 g/mol. The standard InChI is InChI=1S/C28H35N3O4/c1-33-22-7-8-26-24(14-22)23(9-10-30-26)27(32)18-31-11-3-4-20(17-31)15-29-16-21-5-2-6-28-25(21)19-34-12-13-35-28/h2,5-10,14,20,27,29,32H,3-4,11-13,15-19H2,1H3/t20-,27?/m0/s1. The first-order valence-electron chi connectivity index (χ1n) is 12.6. The lowest BCUT2D eigenvalue weighted by molar-refractivity contribution is 0.0848. The fraction of sp³-hybridized carbons (Fsp3) is 0.464. The number of hydrogen-bond acceptors (Lipinski definition) is 7. The van der Waals surface area contributed by atoms with Crippen molar-refractivity contribution in [3.63, 3.8) is 0 Å². The minimum absolute atomic E-state index is 0.556. The number of likely N-dealkylation sites (tertiary alicyclic amines) is 1. The number of nitrogens with one attached hydrogen (secondary N) is 1. The number of benzene rings is 2. The summed E-state index contributed by atoms with van der Waals surface area (Å²) in [5.74, 6) is 2.28. The van der Waals surface area contributed by atoms with Gasteiger partial charge in [-0.25, -0.2) is 0 Å². The summed E-state index contributed by atoms with van der Waals surface area (Å²) in [6.45, 7) is 6.22. The summed E-state index contributed by atoms with van der Waals surface area (Å²) in [4.78, 5) is 6.84. The van der Waals surface area contributed by atoms with E-state index in [1.165, 1.54) is 12.0 Å². The van der Waals surface area contributed by atoms with Crippen molar-refractivity contribution in [1.82, 2.24) is 15.2 Å². The van der Waals surface area contributed by atoms with Gasteiger partial charge in [0.25, 0.3) is 0 Å². The Kier molecular flexibility index (Phi) is 7.79. The lowest BCUT2D eigenvalue weighted by Crippen LogP contribution is -2.41. The molecule has 186 valence electrons. The summed E-state index contributed by atoms with van der Waals surface area (Å²) in [6.07, 6.45) is 3.55. The predicted octanol–water partition coefficient (Wildman–Crippen LogP) is 3.69. The fourth-order valence-corrected chi connectivity index (χ4v) is 5.26. The van der Waals surface area contributed by atoms with Crippen LogP contribution in [0.2, 0.25) is 0 Å². The van der Waals surface area contributed by atoms with E-state index < -0.39 is 6.10 Å². The second-order valence-electron chi connectivity index (χ2n) is 9.49. The Labute approximate surface area is 207 Å². The molecule has 0 aliphatic carbocycles. The van der Waals surface area contributed by atoms with Crippen LogP contribution in [-0.2, 0) is 17.9 Å². The molecule has 7 nitrogen and oxygen atoms in total. The maximum Gasteiger partial charge on any atom is 0.125 e. The van der Waals surface area contributed by atoms with E-state index in [1.807, 2.05) is 30.3 Å². The first-order valence-corrected chi connectivity index (χ1v) is 12.6. The van der Waals surface area contributed by atoms with Gasteiger partial charge in [-0.15, -0.1) is 0 Å². The van der Waals surface area contributed by atoms with Crippen LogP contribution in [0, 0.1) is 5.92 Å². The van der Waals surface area contributed by atoms with Crippen LogP contribution in [0.5, 0.6) is 11.5 Å². The molecule has 1 fully saturated rings. The van der Waals surface area contributed by atoms with Crippen LogP contribution in [0.3, 0.4) is 0 Å². The van der Waals surface area contributed by atoms with Crippen LogP contribution >= 0.6 is 0 Å². The molecule has 0 amide bonds. The van der Waals surface area contributed by atoms with E-state index in [9.17, 15) is 5.11 Å². The number of nitrogens with zero attached hydrogens (tertiary/aromatic N) is 2. The number of ether oxygens (including phenoxy) is 3. The highest BCUT2D eigenvalue weighted by atomic mass is 16.5. The molecule has 1 saturated heterocycles. The van der Waals surface area contributed by atoms with E-state index in [2.05, 4.69) is 27.3 Å². The molecule has 0 saturated carbocycles. The minimum atomic E-state index is -0.570. The number of aromatic nitrogens is 1. The van der Waals surface area contributed by atoms with E-state index in [-0.39, 0.29) is 0 Å². The van der Waals surface area contributed by atoms with E-state index in [0.717, 1.165) is 66.1 Å². The van der Waals surface area contributed by atoms with Gasteiger partial charge in [0.05, 0.1) is 31.9 Å². The monoisotopic (exact) mass is 477 g/mol. The van der Waals surface area contributed by atoms with E-state index in [1.54, 1.807) is 13.3 Å². The third-order valence-electron chi connectivity index (χ3n) is 7.09. The molecule has 2 aromatic carbocycles. The molecule has 5 rings (SSSR count). The Balaban J connectivity index is 1.17. The number of β-amino-alcohol motifs (C(OH)–C–C–N with tert-alkyl or cyclic N) is 1. The molecule has 0 radical (unpaired) electrons. The lowest BCUT2D eigenvalue weighted by atomic mass is 9.96. The van der Waals surface area contributed by atoms with E-state index in [4.69, 9.17) is 14.2 Å². The van der Waals surface area contributed by atoms with Crippen molar-refractivity contribution in [3.8, 4) is 11.5 Å². The molecule has 3 heterocycles. The Bertz CT molecular complexity index is 1140. The highest BCUT2D eigenvalue weighted by Gasteiger charge is 2.23. The Morgan fingerprint density at radius 1 is 1.23 bits per heavy atom. The van der Waals surface area contributed by atoms with Gasteiger partial charge in [0, 0.05) is 36.8 Å². The van der Waals surface area contributed by atoms with Crippen molar-refractivity contribution in [2.24, 2.45) is 5.92 Å². The fourth-order valence-electron chi connectivity index (χ4n) is 5.26. The zero-order chi connectivity index (χ0) is 24.0. The Hall–Kier alpha value is -2.71. The molecule has 3 aromatic rings. The minimum Gasteiger partial charge on any atom is -0.497 e. The molecule has 1 aromatic heterocycles. The summed E-state index contributed by atoms with van der Waals surface area (Å²) < 4.78 is 16.9. The van der Waals surface area contributed by atoms with E-state index >= 15 is 0 Å². The zero-order valence-corrected chi connectivity index (χ0v) is 20.4. The maximum atomic E-state index is 11.1. The normalized spacial score (nSPS) is 19.5. The highest BCUT2D eigenvalue weighted by molar-refractivity contribution is 5.83. The molecule has 7 heteroatoms. The average Bonchev–Trinajstić information content (AvgIpc) is 3.14. The van der Waals surface area contributed by atoms with Gasteiger partial charge in [0.2, 0.25) is 0 Å². The van der Waals surface area contributed by atoms with Gasteiger partial charge in [-0.1, -0.05) is 12.1 Å². The van der Waals surface area contributed by atoms with Gasteiger partial charge in [-0.05, 0) is 73.3 Å². The zero-order valence-electron chi connectivity index (χ0n) is 20.4. The molecule has 0 spiro atoms. The van der Waals surface area contributed by atoms with Crippen molar-refractivity contribution in [3.05, 3.63) is 65.4 Å². The molecular formula is C28H35N3O4. The SMILES string of the molecule is COc1ccc2nccc(C(O)CN3CCC[C@@H](CNCc4cccc5c4COCCO5)C3)c2c1. The molecule has 0 bridgehead atoms. The van der Waals surface area contributed by atoms with Crippen molar-refractivity contribution in [1.29, 1.82) is 0 Å². The number of piperidine rings is 1. The van der Waals surface area contributed by atoms with Crippen LogP contribution in [0.15, 0.2) is 48.7 Å². The second kappa shape index (κ2) is 11.4. The first-order chi connectivity index (χ1) is 17.2. The second-order valence-corrected chi connectivity index (χ2v) is 9.49. The van der Waals surface area contributed by atoms with E-state index in [0.29, 0.717) is 32.3 Å². The third kappa shape index (κ3) is 5.76. The van der Waals surface area contributed by atoms with Crippen LogP contribution in [0.1, 0.15) is 35.6 Å². The highest BCUT2D eigenvalue weighted by Crippen LogP contribution is 2.29. The molecule has 35 heavy (non-hydrogen) atoms. The van der Waals surface area contributed by atoms with Crippen LogP contribution in [0.4, 0.5) is 0 Å². The molecule has 2 aliphatic heterocycles. The predicted molar refractivity (Wildman–Crippen MR) is 136 cm³/mol. The Morgan fingerprint density at radius 3 is 3.09 bits per heavy atom. The summed E-state index contributed by atoms with van der Waals surface area (Å²) in [5, 5.41) is 15.7. The number of pyridine rings is 1. The number of fused-ring (bicyclic) bond motifs is 2. The quantitative estimate of drug-likeness (QED) is 0.513. The molecule has 1 unspecified atom stereocenters. The maximum absolute atomic E-state index is 11.1. The first kappa shape index (κ1) is 24.0.